The van der Waals surface area contributed by atoms with Crippen molar-refractivity contribution in [3.63, 3.8) is 0 Å². The molecule has 1 atom stereocenters. The van der Waals surface area contributed by atoms with Gasteiger partial charge in [0.05, 0.1) is 17.6 Å². The van der Waals surface area contributed by atoms with E-state index in [1.165, 1.54) is 25.0 Å². The van der Waals surface area contributed by atoms with Gasteiger partial charge >= 0.3 is 0 Å². The molecule has 1 aliphatic heterocycles. The van der Waals surface area contributed by atoms with Crippen LogP contribution >= 0.6 is 0 Å². The van der Waals surface area contributed by atoms with Crippen LogP contribution in [0.2, 0.25) is 0 Å². The third kappa shape index (κ3) is 3.89. The van der Waals surface area contributed by atoms with Gasteiger partial charge in [0.1, 0.15) is 0 Å². The van der Waals surface area contributed by atoms with Crippen LogP contribution in [0.5, 0.6) is 5.75 Å². The van der Waals surface area contributed by atoms with E-state index >= 15 is 0 Å². The third-order valence-electron chi connectivity index (χ3n) is 3.24. The monoisotopic (exact) mass is 268 g/mol. The summed E-state index contributed by atoms with van der Waals surface area (Å²) in [5.41, 5.74) is -0.264. The van der Waals surface area contributed by atoms with Crippen molar-refractivity contribution >= 4 is 5.69 Å². The Labute approximate surface area is 110 Å². The largest absolute Gasteiger partial charge is 0.491 e. The molecule has 1 unspecified atom stereocenters. The Kier molecular flexibility index (Phi) is 4.68. The molecule has 104 valence electrons. The second kappa shape index (κ2) is 6.47. The highest BCUT2D eigenvalue weighted by Gasteiger charge is 2.14. The summed E-state index contributed by atoms with van der Waals surface area (Å²) in [6.45, 7) is 1.50. The van der Waals surface area contributed by atoms with Crippen molar-refractivity contribution in [2.75, 3.05) is 13.2 Å². The number of nitro benzene ring substituents is 1. The van der Waals surface area contributed by atoms with Crippen LogP contribution in [-0.4, -0.2) is 24.1 Å². The highest BCUT2D eigenvalue weighted by Crippen LogP contribution is 2.22. The molecule has 19 heavy (non-hydrogen) atoms. The molecule has 2 rings (SSSR count). The highest BCUT2D eigenvalue weighted by molar-refractivity contribution is 5.37. The third-order valence-corrected chi connectivity index (χ3v) is 3.24. The standard InChI is InChI=1S/C13H17FN2O3/c14-12-9-11(16(17)18)5-6-13(12)19-8-2-4-10-3-1-7-15-10/h5-6,9-10,15H,1-4,7-8H2. The van der Waals surface area contributed by atoms with E-state index in [1.807, 2.05) is 0 Å². The van der Waals surface area contributed by atoms with Crippen molar-refractivity contribution in [1.29, 1.82) is 0 Å². The summed E-state index contributed by atoms with van der Waals surface area (Å²) in [6.07, 6.45) is 4.25. The van der Waals surface area contributed by atoms with Gasteiger partial charge in [0, 0.05) is 12.1 Å². The first-order valence-corrected chi connectivity index (χ1v) is 6.47. The van der Waals surface area contributed by atoms with Crippen LogP contribution in [-0.2, 0) is 0 Å². The van der Waals surface area contributed by atoms with Gasteiger partial charge < -0.3 is 10.1 Å². The molecule has 0 bridgehead atoms. The van der Waals surface area contributed by atoms with Crippen molar-refractivity contribution in [3.05, 3.63) is 34.1 Å². The smallest absolute Gasteiger partial charge is 0.272 e. The number of rotatable bonds is 6. The maximum atomic E-state index is 13.5. The van der Waals surface area contributed by atoms with E-state index in [0.29, 0.717) is 12.6 Å². The molecule has 5 nitrogen and oxygen atoms in total. The second-order valence-electron chi connectivity index (χ2n) is 4.66. The molecule has 0 spiro atoms. The maximum absolute atomic E-state index is 13.5. The number of ether oxygens (including phenoxy) is 1. The molecule has 1 aromatic rings. The van der Waals surface area contributed by atoms with E-state index in [9.17, 15) is 14.5 Å². The van der Waals surface area contributed by atoms with Crippen molar-refractivity contribution in [3.8, 4) is 5.75 Å². The average Bonchev–Trinajstić information content (AvgIpc) is 2.89. The molecule has 1 aliphatic rings. The normalized spacial score (nSPS) is 18.5. The van der Waals surface area contributed by atoms with Crippen LogP contribution in [0.1, 0.15) is 25.7 Å². The zero-order chi connectivity index (χ0) is 13.7. The first-order valence-electron chi connectivity index (χ1n) is 6.47. The lowest BCUT2D eigenvalue weighted by atomic mass is 10.1. The molecule has 6 heteroatoms. The zero-order valence-electron chi connectivity index (χ0n) is 10.6. The Morgan fingerprint density at radius 3 is 3.00 bits per heavy atom. The van der Waals surface area contributed by atoms with Gasteiger partial charge in [0.25, 0.3) is 5.69 Å². The quantitative estimate of drug-likeness (QED) is 0.489. The molecule has 1 heterocycles. The Morgan fingerprint density at radius 1 is 1.53 bits per heavy atom. The summed E-state index contributed by atoms with van der Waals surface area (Å²) < 4.78 is 18.8. The van der Waals surface area contributed by atoms with Crippen LogP contribution in [0.3, 0.4) is 0 Å². The fourth-order valence-corrected chi connectivity index (χ4v) is 2.24. The maximum Gasteiger partial charge on any atom is 0.272 e. The molecule has 1 fully saturated rings. The van der Waals surface area contributed by atoms with Crippen LogP contribution in [0, 0.1) is 15.9 Å². The fourth-order valence-electron chi connectivity index (χ4n) is 2.24. The van der Waals surface area contributed by atoms with Gasteiger partial charge in [-0.15, -0.1) is 0 Å². The molecular weight excluding hydrogens is 251 g/mol. The summed E-state index contributed by atoms with van der Waals surface area (Å²) in [4.78, 5) is 9.84. The summed E-state index contributed by atoms with van der Waals surface area (Å²) in [7, 11) is 0. The number of nitrogens with zero attached hydrogens (tertiary/aromatic N) is 1. The fraction of sp³-hybridized carbons (Fsp3) is 0.538. The van der Waals surface area contributed by atoms with Gasteiger partial charge in [0.2, 0.25) is 0 Å². The van der Waals surface area contributed by atoms with Gasteiger partial charge in [-0.1, -0.05) is 0 Å². The van der Waals surface area contributed by atoms with Crippen LogP contribution < -0.4 is 10.1 Å². The molecule has 0 aromatic heterocycles. The Balaban J connectivity index is 1.77. The van der Waals surface area contributed by atoms with Crippen molar-refractivity contribution in [2.24, 2.45) is 0 Å². The first-order chi connectivity index (χ1) is 9.16. The zero-order valence-corrected chi connectivity index (χ0v) is 10.6. The van der Waals surface area contributed by atoms with E-state index in [4.69, 9.17) is 4.74 Å². The molecule has 1 N–H and O–H groups in total. The molecule has 0 amide bonds. The number of benzene rings is 1. The number of nitrogens with one attached hydrogen (secondary N) is 1. The first kappa shape index (κ1) is 13.7. The van der Waals surface area contributed by atoms with E-state index in [-0.39, 0.29) is 11.4 Å². The van der Waals surface area contributed by atoms with Crippen molar-refractivity contribution < 1.29 is 14.1 Å². The summed E-state index contributed by atoms with van der Waals surface area (Å²) in [6, 6.07) is 3.98. The predicted octanol–water partition coefficient (Wildman–Crippen LogP) is 2.64. The number of hydrogen-bond donors (Lipinski definition) is 1. The van der Waals surface area contributed by atoms with Gasteiger partial charge in [-0.25, -0.2) is 4.39 Å². The lowest BCUT2D eigenvalue weighted by molar-refractivity contribution is -0.385. The molecule has 1 aromatic carbocycles. The van der Waals surface area contributed by atoms with Crippen LogP contribution in [0.4, 0.5) is 10.1 Å². The highest BCUT2D eigenvalue weighted by atomic mass is 19.1. The Bertz CT molecular complexity index is 448. The lowest BCUT2D eigenvalue weighted by Gasteiger charge is -2.10. The summed E-state index contributed by atoms with van der Waals surface area (Å²) >= 11 is 0. The van der Waals surface area contributed by atoms with Crippen LogP contribution in [0.15, 0.2) is 18.2 Å². The minimum absolute atomic E-state index is 0.0741. The van der Waals surface area contributed by atoms with E-state index in [1.54, 1.807) is 0 Å². The van der Waals surface area contributed by atoms with Gasteiger partial charge in [-0.3, -0.25) is 10.1 Å². The van der Waals surface area contributed by atoms with Gasteiger partial charge in [0.15, 0.2) is 11.6 Å². The molecule has 0 saturated carbocycles. The molecule has 0 radical (unpaired) electrons. The predicted molar refractivity (Wildman–Crippen MR) is 68.8 cm³/mol. The van der Waals surface area contributed by atoms with Crippen molar-refractivity contribution in [2.45, 2.75) is 31.7 Å². The number of halogens is 1. The van der Waals surface area contributed by atoms with Crippen LogP contribution in [0.25, 0.3) is 0 Å². The summed E-state index contributed by atoms with van der Waals surface area (Å²) in [5.74, 6) is -0.613. The van der Waals surface area contributed by atoms with Gasteiger partial charge in [-0.2, -0.15) is 0 Å². The minimum atomic E-state index is -0.687. The Hall–Kier alpha value is -1.69. The minimum Gasteiger partial charge on any atom is -0.491 e. The van der Waals surface area contributed by atoms with E-state index in [2.05, 4.69) is 5.32 Å². The number of non-ortho nitro benzene ring substituents is 1. The number of hydrogen-bond acceptors (Lipinski definition) is 4. The van der Waals surface area contributed by atoms with E-state index < -0.39 is 10.7 Å². The number of nitro groups is 1. The van der Waals surface area contributed by atoms with E-state index in [0.717, 1.165) is 25.5 Å². The SMILES string of the molecule is O=[N+]([O-])c1ccc(OCCCC2CCCN2)c(F)c1. The Morgan fingerprint density at radius 2 is 2.37 bits per heavy atom. The van der Waals surface area contributed by atoms with Crippen molar-refractivity contribution in [1.82, 2.24) is 5.32 Å². The molecule has 1 saturated heterocycles. The topological polar surface area (TPSA) is 64.4 Å². The second-order valence-corrected chi connectivity index (χ2v) is 4.66. The lowest BCUT2D eigenvalue weighted by Crippen LogP contribution is -2.21. The average molecular weight is 268 g/mol. The molecular formula is C13H17FN2O3. The van der Waals surface area contributed by atoms with Gasteiger partial charge in [-0.05, 0) is 38.3 Å². The summed E-state index contributed by atoms with van der Waals surface area (Å²) in [5, 5.41) is 13.8. The molecule has 0 aliphatic carbocycles.